The molecular formula is C26H29N3O5S2. The van der Waals surface area contributed by atoms with E-state index in [-0.39, 0.29) is 9.79 Å². The summed E-state index contributed by atoms with van der Waals surface area (Å²) in [5.74, 6) is -0.552. The molecule has 3 aromatic rings. The van der Waals surface area contributed by atoms with Crippen molar-refractivity contribution in [2.75, 3.05) is 29.3 Å². The van der Waals surface area contributed by atoms with E-state index < -0.39 is 32.5 Å². The van der Waals surface area contributed by atoms with Gasteiger partial charge in [0.25, 0.3) is 10.0 Å². The van der Waals surface area contributed by atoms with Gasteiger partial charge in [0.2, 0.25) is 15.9 Å². The number of rotatable bonds is 9. The quantitative estimate of drug-likeness (QED) is 0.455. The summed E-state index contributed by atoms with van der Waals surface area (Å²) in [4.78, 5) is 13.2. The van der Waals surface area contributed by atoms with E-state index >= 15 is 0 Å². The van der Waals surface area contributed by atoms with Gasteiger partial charge in [-0.25, -0.2) is 16.8 Å². The van der Waals surface area contributed by atoms with Crippen molar-refractivity contribution in [3.05, 3.63) is 84.4 Å². The highest BCUT2D eigenvalue weighted by Gasteiger charge is 2.28. The maximum absolute atomic E-state index is 13.4. The van der Waals surface area contributed by atoms with Gasteiger partial charge in [-0.05, 0) is 73.4 Å². The number of anilines is 2. The summed E-state index contributed by atoms with van der Waals surface area (Å²) >= 11 is 0. The number of nitrogens with zero attached hydrogens (tertiary/aromatic N) is 2. The molecule has 0 radical (unpaired) electrons. The largest absolute Gasteiger partial charge is 0.325 e. The van der Waals surface area contributed by atoms with Gasteiger partial charge in [-0.1, -0.05) is 37.3 Å². The Balaban J connectivity index is 1.54. The van der Waals surface area contributed by atoms with Crippen molar-refractivity contribution in [1.29, 1.82) is 0 Å². The van der Waals surface area contributed by atoms with Crippen molar-refractivity contribution in [2.24, 2.45) is 0 Å². The minimum absolute atomic E-state index is 0.0776. The summed E-state index contributed by atoms with van der Waals surface area (Å²) in [5, 5.41) is 2.68. The van der Waals surface area contributed by atoms with Gasteiger partial charge in [0.15, 0.2) is 0 Å². The number of sulfonamides is 2. The molecular weight excluding hydrogens is 498 g/mol. The maximum Gasteiger partial charge on any atom is 0.264 e. The van der Waals surface area contributed by atoms with Crippen LogP contribution in [0, 0.1) is 0 Å². The van der Waals surface area contributed by atoms with E-state index in [0.29, 0.717) is 24.5 Å². The third-order valence-electron chi connectivity index (χ3n) is 6.09. The number of hydrogen-bond acceptors (Lipinski definition) is 5. The summed E-state index contributed by atoms with van der Waals surface area (Å²) in [6, 6.07) is 20.9. The van der Waals surface area contributed by atoms with Gasteiger partial charge in [0.1, 0.15) is 6.54 Å². The van der Waals surface area contributed by atoms with Gasteiger partial charge in [-0.3, -0.25) is 9.10 Å². The molecule has 1 aliphatic rings. The first-order chi connectivity index (χ1) is 17.2. The Morgan fingerprint density at radius 2 is 1.44 bits per heavy atom. The van der Waals surface area contributed by atoms with Crippen LogP contribution in [0.25, 0.3) is 0 Å². The van der Waals surface area contributed by atoms with Crippen LogP contribution in [0.15, 0.2) is 88.7 Å². The molecule has 10 heteroatoms. The summed E-state index contributed by atoms with van der Waals surface area (Å²) in [7, 11) is -7.57. The Hall–Kier alpha value is -3.21. The molecule has 8 nitrogen and oxygen atoms in total. The zero-order valence-electron chi connectivity index (χ0n) is 20.0. The molecule has 1 heterocycles. The molecule has 1 fully saturated rings. The number of hydrogen-bond donors (Lipinski definition) is 1. The topological polar surface area (TPSA) is 104 Å². The number of carbonyl (C=O) groups excluding carboxylic acids is 1. The lowest BCUT2D eigenvalue weighted by atomic mass is 10.1. The zero-order valence-corrected chi connectivity index (χ0v) is 21.6. The van der Waals surface area contributed by atoms with Crippen molar-refractivity contribution < 1.29 is 21.6 Å². The predicted molar refractivity (Wildman–Crippen MR) is 140 cm³/mol. The van der Waals surface area contributed by atoms with Gasteiger partial charge in [-0.2, -0.15) is 4.31 Å². The normalized spacial score (nSPS) is 14.5. The van der Waals surface area contributed by atoms with E-state index in [4.69, 9.17) is 0 Å². The first kappa shape index (κ1) is 25.9. The van der Waals surface area contributed by atoms with Crippen LogP contribution in [0.1, 0.15) is 25.3 Å². The van der Waals surface area contributed by atoms with E-state index in [1.165, 1.54) is 40.7 Å². The number of aryl methyl sites for hydroxylation is 1. The monoisotopic (exact) mass is 527 g/mol. The summed E-state index contributed by atoms with van der Waals surface area (Å²) < 4.78 is 54.8. The van der Waals surface area contributed by atoms with Crippen LogP contribution in [0.3, 0.4) is 0 Å². The molecule has 0 spiro atoms. The van der Waals surface area contributed by atoms with Gasteiger partial charge in [0, 0.05) is 18.8 Å². The first-order valence-electron chi connectivity index (χ1n) is 11.8. The second kappa shape index (κ2) is 10.8. The molecule has 3 aromatic carbocycles. The van der Waals surface area contributed by atoms with Crippen molar-refractivity contribution in [2.45, 2.75) is 36.0 Å². The number of nitrogens with one attached hydrogen (secondary N) is 1. The lowest BCUT2D eigenvalue weighted by molar-refractivity contribution is -0.114. The fourth-order valence-electron chi connectivity index (χ4n) is 4.05. The average Bonchev–Trinajstić information content (AvgIpc) is 3.44. The second-order valence-electron chi connectivity index (χ2n) is 8.53. The highest BCUT2D eigenvalue weighted by molar-refractivity contribution is 7.92. The smallest absolute Gasteiger partial charge is 0.264 e. The van der Waals surface area contributed by atoms with Crippen molar-refractivity contribution in [3.8, 4) is 0 Å². The Morgan fingerprint density at radius 3 is 2.03 bits per heavy atom. The highest BCUT2D eigenvalue weighted by Crippen LogP contribution is 2.25. The Morgan fingerprint density at radius 1 is 0.833 bits per heavy atom. The standard InChI is InChI=1S/C26H29N3O5S2/c1-2-21-10-14-23(15-11-21)29(36(33,34)24-8-4-3-5-9-24)20-26(30)27-22-12-16-25(17-13-22)35(31,32)28-18-6-7-19-28/h3-5,8-17H,2,6-7,18-20H2,1H3,(H,27,30). The van der Waals surface area contributed by atoms with Crippen LogP contribution < -0.4 is 9.62 Å². The van der Waals surface area contributed by atoms with Crippen molar-refractivity contribution in [1.82, 2.24) is 4.31 Å². The molecule has 1 aliphatic heterocycles. The molecule has 1 saturated heterocycles. The lowest BCUT2D eigenvalue weighted by Crippen LogP contribution is -2.38. The molecule has 4 rings (SSSR count). The maximum atomic E-state index is 13.4. The first-order valence-corrected chi connectivity index (χ1v) is 14.7. The van der Waals surface area contributed by atoms with Gasteiger partial charge in [-0.15, -0.1) is 0 Å². The van der Waals surface area contributed by atoms with Gasteiger partial charge in [0.05, 0.1) is 15.5 Å². The number of carbonyl (C=O) groups is 1. The molecule has 0 saturated carbocycles. The van der Waals surface area contributed by atoms with Crippen molar-refractivity contribution in [3.63, 3.8) is 0 Å². The van der Waals surface area contributed by atoms with Crippen LogP contribution >= 0.6 is 0 Å². The third-order valence-corrected chi connectivity index (χ3v) is 9.79. The van der Waals surface area contributed by atoms with Gasteiger partial charge < -0.3 is 5.32 Å². The van der Waals surface area contributed by atoms with Crippen LogP contribution in [-0.2, 0) is 31.3 Å². The number of benzene rings is 3. The van der Waals surface area contributed by atoms with E-state index in [0.717, 1.165) is 29.1 Å². The molecule has 190 valence electrons. The van der Waals surface area contributed by atoms with Gasteiger partial charge >= 0.3 is 0 Å². The molecule has 0 aliphatic carbocycles. The molecule has 1 amide bonds. The van der Waals surface area contributed by atoms with Crippen LogP contribution in [0.2, 0.25) is 0 Å². The zero-order chi connectivity index (χ0) is 25.8. The van der Waals surface area contributed by atoms with Crippen LogP contribution in [0.5, 0.6) is 0 Å². The summed E-state index contributed by atoms with van der Waals surface area (Å²) in [6.45, 7) is 2.57. The Kier molecular flexibility index (Phi) is 7.77. The third kappa shape index (κ3) is 5.61. The fraction of sp³-hybridized carbons (Fsp3) is 0.269. The minimum Gasteiger partial charge on any atom is -0.325 e. The number of amides is 1. The molecule has 0 atom stereocenters. The molecule has 0 aromatic heterocycles. The molecule has 1 N–H and O–H groups in total. The van der Waals surface area contributed by atoms with E-state index in [1.807, 2.05) is 19.1 Å². The molecule has 36 heavy (non-hydrogen) atoms. The predicted octanol–water partition coefficient (Wildman–Crippen LogP) is 3.87. The van der Waals surface area contributed by atoms with Crippen LogP contribution in [0.4, 0.5) is 11.4 Å². The van der Waals surface area contributed by atoms with E-state index in [1.54, 1.807) is 30.3 Å². The molecule has 0 bridgehead atoms. The fourth-order valence-corrected chi connectivity index (χ4v) is 7.01. The average molecular weight is 528 g/mol. The van der Waals surface area contributed by atoms with Crippen molar-refractivity contribution >= 4 is 37.3 Å². The lowest BCUT2D eigenvalue weighted by Gasteiger charge is -2.24. The summed E-state index contributed by atoms with van der Waals surface area (Å²) in [5.41, 5.74) is 1.79. The van der Waals surface area contributed by atoms with Crippen LogP contribution in [-0.4, -0.2) is 46.7 Å². The second-order valence-corrected chi connectivity index (χ2v) is 12.3. The highest BCUT2D eigenvalue weighted by atomic mass is 32.2. The van der Waals surface area contributed by atoms with E-state index in [2.05, 4.69) is 5.32 Å². The summed E-state index contributed by atoms with van der Waals surface area (Å²) in [6.07, 6.45) is 2.49. The molecule has 0 unspecified atom stereocenters. The Bertz CT molecular complexity index is 1400. The minimum atomic E-state index is -4.01. The SMILES string of the molecule is CCc1ccc(N(CC(=O)Nc2ccc(S(=O)(=O)N3CCCC3)cc2)S(=O)(=O)c2ccccc2)cc1. The Labute approximate surface area is 212 Å². The van der Waals surface area contributed by atoms with E-state index in [9.17, 15) is 21.6 Å².